The summed E-state index contributed by atoms with van der Waals surface area (Å²) in [6.07, 6.45) is 1.20. The van der Waals surface area contributed by atoms with Gasteiger partial charge in [-0.3, -0.25) is 4.79 Å². The molecule has 3 rings (SSSR count). The molecule has 6 heteroatoms. The van der Waals surface area contributed by atoms with E-state index in [0.29, 0.717) is 23.7 Å². The van der Waals surface area contributed by atoms with Crippen LogP contribution in [0.2, 0.25) is 0 Å². The van der Waals surface area contributed by atoms with Crippen molar-refractivity contribution in [2.24, 2.45) is 0 Å². The molecule has 3 N–H and O–H groups in total. The number of nitrogens with one attached hydrogen (secondary N) is 1. The first-order chi connectivity index (χ1) is 9.67. The van der Waals surface area contributed by atoms with Crippen molar-refractivity contribution >= 4 is 23.0 Å². The molecule has 6 nitrogen and oxygen atoms in total. The highest BCUT2D eigenvalue weighted by atomic mass is 16.5. The second-order valence-corrected chi connectivity index (χ2v) is 5.09. The summed E-state index contributed by atoms with van der Waals surface area (Å²) in [6.45, 7) is 4.46. The maximum absolute atomic E-state index is 11.4. The first-order valence-corrected chi connectivity index (χ1v) is 6.90. The fourth-order valence-electron chi connectivity index (χ4n) is 2.59. The molecule has 0 aromatic heterocycles. The van der Waals surface area contributed by atoms with Gasteiger partial charge in [0.15, 0.2) is 6.61 Å². The lowest BCUT2D eigenvalue weighted by Gasteiger charge is -2.35. The summed E-state index contributed by atoms with van der Waals surface area (Å²) in [4.78, 5) is 13.6. The molecule has 0 radical (unpaired) electrons. The molecular formula is C14H19N3O3. The minimum atomic E-state index is -0.137. The monoisotopic (exact) mass is 277 g/mol. The van der Waals surface area contributed by atoms with Crippen LogP contribution in [0, 0.1) is 0 Å². The normalized spacial score (nSPS) is 21.9. The van der Waals surface area contributed by atoms with Crippen LogP contribution in [0.1, 0.15) is 13.3 Å². The first-order valence-electron chi connectivity index (χ1n) is 6.90. The predicted octanol–water partition coefficient (Wildman–Crippen LogP) is 1.21. The van der Waals surface area contributed by atoms with E-state index in [9.17, 15) is 4.79 Å². The molecule has 0 spiro atoms. The first kappa shape index (κ1) is 13.1. The van der Waals surface area contributed by atoms with Gasteiger partial charge in [-0.15, -0.1) is 0 Å². The fourth-order valence-corrected chi connectivity index (χ4v) is 2.59. The topological polar surface area (TPSA) is 76.8 Å². The largest absolute Gasteiger partial charge is 0.482 e. The third-order valence-corrected chi connectivity index (χ3v) is 3.70. The van der Waals surface area contributed by atoms with E-state index in [-0.39, 0.29) is 18.6 Å². The lowest BCUT2D eigenvalue weighted by Crippen LogP contribution is -2.42. The molecule has 1 unspecified atom stereocenters. The molecule has 1 aromatic carbocycles. The number of ether oxygens (including phenoxy) is 2. The standard InChI is InChI=1S/C14H19N3O3/c1-2-9-7-17(3-4-19-9)12-6-11-13(5-10(12)15)20-8-14(18)16-11/h5-6,9H,2-4,7-8,15H2,1H3,(H,16,18). The maximum atomic E-state index is 11.4. The number of nitrogens with two attached hydrogens (primary N) is 1. The number of carbonyl (C=O) groups is 1. The Morgan fingerprint density at radius 3 is 3.15 bits per heavy atom. The summed E-state index contributed by atoms with van der Waals surface area (Å²) < 4.78 is 11.0. The summed E-state index contributed by atoms with van der Waals surface area (Å²) in [5, 5.41) is 2.81. The van der Waals surface area contributed by atoms with E-state index in [1.807, 2.05) is 6.07 Å². The number of fused-ring (bicyclic) bond motifs is 1. The fraction of sp³-hybridized carbons (Fsp3) is 0.500. The van der Waals surface area contributed by atoms with Crippen LogP contribution in [0.25, 0.3) is 0 Å². The summed E-state index contributed by atoms with van der Waals surface area (Å²) in [6, 6.07) is 3.67. The van der Waals surface area contributed by atoms with Gasteiger partial charge in [-0.2, -0.15) is 0 Å². The molecule has 2 aliphatic heterocycles. The van der Waals surface area contributed by atoms with Crippen LogP contribution in [-0.4, -0.2) is 38.3 Å². The summed E-state index contributed by atoms with van der Waals surface area (Å²) >= 11 is 0. The van der Waals surface area contributed by atoms with E-state index in [1.165, 1.54) is 0 Å². The molecule has 1 saturated heterocycles. The van der Waals surface area contributed by atoms with Crippen molar-refractivity contribution in [3.05, 3.63) is 12.1 Å². The number of amides is 1. The zero-order chi connectivity index (χ0) is 14.1. The summed E-state index contributed by atoms with van der Waals surface area (Å²) in [7, 11) is 0. The Labute approximate surface area is 117 Å². The van der Waals surface area contributed by atoms with Crippen molar-refractivity contribution in [2.75, 3.05) is 42.3 Å². The molecular weight excluding hydrogens is 258 g/mol. The van der Waals surface area contributed by atoms with Crippen LogP contribution in [0.3, 0.4) is 0 Å². The van der Waals surface area contributed by atoms with Crippen LogP contribution in [0.4, 0.5) is 17.1 Å². The Hall–Kier alpha value is -1.95. The molecule has 0 saturated carbocycles. The second kappa shape index (κ2) is 5.20. The van der Waals surface area contributed by atoms with E-state index in [4.69, 9.17) is 15.2 Å². The Morgan fingerprint density at radius 1 is 1.50 bits per heavy atom. The smallest absolute Gasteiger partial charge is 0.262 e. The van der Waals surface area contributed by atoms with E-state index >= 15 is 0 Å². The molecule has 2 aliphatic rings. The average Bonchev–Trinajstić information content (AvgIpc) is 2.47. The molecule has 0 bridgehead atoms. The molecule has 1 atom stereocenters. The second-order valence-electron chi connectivity index (χ2n) is 5.09. The lowest BCUT2D eigenvalue weighted by molar-refractivity contribution is -0.118. The highest BCUT2D eigenvalue weighted by Crippen LogP contribution is 2.37. The van der Waals surface area contributed by atoms with E-state index in [1.54, 1.807) is 6.07 Å². The van der Waals surface area contributed by atoms with Gasteiger partial charge >= 0.3 is 0 Å². The van der Waals surface area contributed by atoms with Gasteiger partial charge in [0.25, 0.3) is 5.91 Å². The number of hydrogen-bond donors (Lipinski definition) is 2. The Balaban J connectivity index is 1.89. The van der Waals surface area contributed by atoms with Crippen LogP contribution in [0.5, 0.6) is 5.75 Å². The van der Waals surface area contributed by atoms with E-state index in [0.717, 1.165) is 25.2 Å². The Bertz CT molecular complexity index is 533. The summed E-state index contributed by atoms with van der Waals surface area (Å²) in [5.41, 5.74) is 8.40. The Morgan fingerprint density at radius 2 is 2.35 bits per heavy atom. The number of benzene rings is 1. The van der Waals surface area contributed by atoms with Gasteiger partial charge in [0.05, 0.1) is 29.8 Å². The molecule has 20 heavy (non-hydrogen) atoms. The van der Waals surface area contributed by atoms with Crippen LogP contribution >= 0.6 is 0 Å². The van der Waals surface area contributed by atoms with Crippen molar-refractivity contribution in [3.8, 4) is 5.75 Å². The molecule has 1 fully saturated rings. The van der Waals surface area contributed by atoms with Crippen molar-refractivity contribution in [1.29, 1.82) is 0 Å². The van der Waals surface area contributed by atoms with E-state index < -0.39 is 0 Å². The molecule has 1 amide bonds. The van der Waals surface area contributed by atoms with Gasteiger partial charge in [-0.1, -0.05) is 6.92 Å². The lowest BCUT2D eigenvalue weighted by atomic mass is 10.1. The van der Waals surface area contributed by atoms with Gasteiger partial charge in [0.1, 0.15) is 5.75 Å². The van der Waals surface area contributed by atoms with Gasteiger partial charge in [-0.25, -0.2) is 0 Å². The number of anilines is 3. The van der Waals surface area contributed by atoms with Crippen LogP contribution in [0.15, 0.2) is 12.1 Å². The number of rotatable bonds is 2. The highest BCUT2D eigenvalue weighted by molar-refractivity contribution is 5.97. The number of nitrogens with zero attached hydrogens (tertiary/aromatic N) is 1. The number of carbonyl (C=O) groups excluding carboxylic acids is 1. The van der Waals surface area contributed by atoms with Gasteiger partial charge < -0.3 is 25.4 Å². The van der Waals surface area contributed by atoms with Gasteiger partial charge in [0.2, 0.25) is 0 Å². The van der Waals surface area contributed by atoms with Crippen LogP contribution in [-0.2, 0) is 9.53 Å². The molecule has 0 aliphatic carbocycles. The zero-order valence-electron chi connectivity index (χ0n) is 11.5. The third-order valence-electron chi connectivity index (χ3n) is 3.70. The minimum absolute atomic E-state index is 0.0429. The van der Waals surface area contributed by atoms with Gasteiger partial charge in [0, 0.05) is 19.2 Å². The maximum Gasteiger partial charge on any atom is 0.262 e. The number of morpholine rings is 1. The van der Waals surface area contributed by atoms with Crippen molar-refractivity contribution in [2.45, 2.75) is 19.4 Å². The molecule has 108 valence electrons. The van der Waals surface area contributed by atoms with Crippen molar-refractivity contribution in [1.82, 2.24) is 0 Å². The van der Waals surface area contributed by atoms with E-state index in [2.05, 4.69) is 17.1 Å². The van der Waals surface area contributed by atoms with Crippen molar-refractivity contribution < 1.29 is 14.3 Å². The predicted molar refractivity (Wildman–Crippen MR) is 77.2 cm³/mol. The average molecular weight is 277 g/mol. The highest BCUT2D eigenvalue weighted by Gasteiger charge is 2.24. The quantitative estimate of drug-likeness (QED) is 0.795. The minimum Gasteiger partial charge on any atom is -0.482 e. The molecule has 2 heterocycles. The summed E-state index contributed by atoms with van der Waals surface area (Å²) in [5.74, 6) is 0.493. The van der Waals surface area contributed by atoms with Gasteiger partial charge in [-0.05, 0) is 12.5 Å². The van der Waals surface area contributed by atoms with Crippen LogP contribution < -0.4 is 20.7 Å². The molecule has 1 aromatic rings. The van der Waals surface area contributed by atoms with Crippen molar-refractivity contribution in [3.63, 3.8) is 0 Å². The SMILES string of the molecule is CCC1CN(c2cc3c(cc2N)OCC(=O)N3)CCO1. The number of hydrogen-bond acceptors (Lipinski definition) is 5. The zero-order valence-corrected chi connectivity index (χ0v) is 11.5. The number of nitrogen functional groups attached to an aromatic ring is 1. The Kier molecular flexibility index (Phi) is 3.40. The third kappa shape index (κ3) is 2.38.